The maximum atomic E-state index is 11.1. The molecule has 0 amide bonds. The molecule has 0 radical (unpaired) electrons. The van der Waals surface area contributed by atoms with E-state index in [1.807, 2.05) is 0 Å². The number of carbonyl (C=O) groups excluding carboxylic acids is 1. The lowest BCUT2D eigenvalue weighted by Gasteiger charge is -2.27. The molecule has 1 aliphatic rings. The van der Waals surface area contributed by atoms with Crippen LogP contribution in [0.3, 0.4) is 0 Å². The third-order valence-corrected chi connectivity index (χ3v) is 3.04. The average Bonchev–Trinajstić information content (AvgIpc) is 2.51. The molecule has 0 saturated heterocycles. The van der Waals surface area contributed by atoms with Gasteiger partial charge in [-0.05, 0) is 23.2 Å². The molecule has 0 aromatic heterocycles. The fraction of sp³-hybridized carbons (Fsp3) is 0.417. The summed E-state index contributed by atoms with van der Waals surface area (Å²) in [6.45, 7) is 0.000427. The molecule has 1 heterocycles. The highest BCUT2D eigenvalue weighted by Gasteiger charge is 2.38. The molecule has 0 spiro atoms. The summed E-state index contributed by atoms with van der Waals surface area (Å²) in [5.41, 5.74) is 6.81. The quantitative estimate of drug-likeness (QED) is 0.356. The first-order valence-corrected chi connectivity index (χ1v) is 5.88. The molecular formula is C12H13N3O5. The number of hydrogen-bond acceptors (Lipinski definition) is 6. The number of aliphatic hydroxyl groups excluding tert-OH is 2. The largest absolute Gasteiger partial charge is 0.486 e. The molecule has 0 fully saturated rings. The lowest BCUT2D eigenvalue weighted by atomic mass is 9.90. The minimum atomic E-state index is -1.96. The summed E-state index contributed by atoms with van der Waals surface area (Å²) in [6.07, 6.45) is -1.26. The van der Waals surface area contributed by atoms with Gasteiger partial charge in [0.1, 0.15) is 19.5 Å². The van der Waals surface area contributed by atoms with Crippen molar-refractivity contribution < 1.29 is 24.5 Å². The van der Waals surface area contributed by atoms with Crippen molar-refractivity contribution in [1.29, 1.82) is 0 Å². The molecule has 20 heavy (non-hydrogen) atoms. The first kappa shape index (κ1) is 14.1. The van der Waals surface area contributed by atoms with Gasteiger partial charge in [-0.25, -0.2) is 0 Å². The third kappa shape index (κ3) is 2.39. The Morgan fingerprint density at radius 2 is 2.15 bits per heavy atom. The number of nitrogens with zero attached hydrogens (tertiary/aromatic N) is 3. The monoisotopic (exact) mass is 279 g/mol. The summed E-state index contributed by atoms with van der Waals surface area (Å²) in [5.74, 6) is 0.947. The fourth-order valence-corrected chi connectivity index (χ4v) is 1.90. The number of benzene rings is 1. The molecule has 1 aliphatic heterocycles. The highest BCUT2D eigenvalue weighted by molar-refractivity contribution is 5.67. The minimum Gasteiger partial charge on any atom is -0.486 e. The van der Waals surface area contributed by atoms with Gasteiger partial charge in [-0.1, -0.05) is 11.2 Å². The van der Waals surface area contributed by atoms with Gasteiger partial charge < -0.3 is 24.5 Å². The Hall–Kier alpha value is -2.28. The number of aldehydes is 1. The SMILES string of the molecule is [N-]=[N+]=N[C@@](C=O)(CO)[C@H](O)c1ccc2c(c1)OCCO2. The molecule has 1 aromatic carbocycles. The van der Waals surface area contributed by atoms with Crippen LogP contribution in [0.1, 0.15) is 11.7 Å². The van der Waals surface area contributed by atoms with Crippen molar-refractivity contribution in [3.05, 3.63) is 34.2 Å². The highest BCUT2D eigenvalue weighted by atomic mass is 16.6. The van der Waals surface area contributed by atoms with E-state index < -0.39 is 18.2 Å². The van der Waals surface area contributed by atoms with Crippen molar-refractivity contribution in [2.24, 2.45) is 5.11 Å². The van der Waals surface area contributed by atoms with Crippen molar-refractivity contribution in [1.82, 2.24) is 0 Å². The number of azide groups is 1. The topological polar surface area (TPSA) is 125 Å². The molecular weight excluding hydrogens is 266 g/mol. The van der Waals surface area contributed by atoms with Gasteiger partial charge in [0.25, 0.3) is 0 Å². The molecule has 0 saturated carbocycles. The van der Waals surface area contributed by atoms with Crippen LogP contribution in [0.15, 0.2) is 23.3 Å². The summed E-state index contributed by atoms with van der Waals surface area (Å²) >= 11 is 0. The zero-order chi connectivity index (χ0) is 14.6. The second-order valence-corrected chi connectivity index (χ2v) is 4.26. The van der Waals surface area contributed by atoms with Crippen LogP contribution in [0.2, 0.25) is 0 Å². The van der Waals surface area contributed by atoms with Crippen LogP contribution in [0.25, 0.3) is 10.4 Å². The number of hydrogen-bond donors (Lipinski definition) is 2. The molecule has 2 N–H and O–H groups in total. The Labute approximate surface area is 114 Å². The Balaban J connectivity index is 2.39. The van der Waals surface area contributed by atoms with E-state index in [0.717, 1.165) is 0 Å². The zero-order valence-corrected chi connectivity index (χ0v) is 10.5. The summed E-state index contributed by atoms with van der Waals surface area (Å²) in [4.78, 5) is 13.6. The number of fused-ring (bicyclic) bond motifs is 1. The Kier molecular flexibility index (Phi) is 4.09. The average molecular weight is 279 g/mol. The predicted molar refractivity (Wildman–Crippen MR) is 67.4 cm³/mol. The van der Waals surface area contributed by atoms with E-state index in [2.05, 4.69) is 10.0 Å². The molecule has 2 rings (SSSR count). The van der Waals surface area contributed by atoms with Crippen LogP contribution in [0, 0.1) is 0 Å². The van der Waals surface area contributed by atoms with Gasteiger partial charge in [-0.3, -0.25) is 0 Å². The van der Waals surface area contributed by atoms with Crippen LogP contribution < -0.4 is 9.47 Å². The molecule has 106 valence electrons. The molecule has 2 atom stereocenters. The summed E-state index contributed by atoms with van der Waals surface area (Å²) in [5, 5.41) is 22.7. The molecule has 0 unspecified atom stereocenters. The van der Waals surface area contributed by atoms with Gasteiger partial charge >= 0.3 is 0 Å². The number of ether oxygens (including phenoxy) is 2. The second kappa shape index (κ2) is 5.79. The van der Waals surface area contributed by atoms with E-state index in [0.29, 0.717) is 24.7 Å². The minimum absolute atomic E-state index is 0.230. The van der Waals surface area contributed by atoms with Gasteiger partial charge in [0.15, 0.2) is 17.0 Å². The highest BCUT2D eigenvalue weighted by Crippen LogP contribution is 2.36. The fourth-order valence-electron chi connectivity index (χ4n) is 1.90. The van der Waals surface area contributed by atoms with E-state index in [9.17, 15) is 15.0 Å². The van der Waals surface area contributed by atoms with Crippen molar-refractivity contribution >= 4 is 6.29 Å². The number of aliphatic hydroxyl groups is 2. The van der Waals surface area contributed by atoms with Crippen LogP contribution in [0.4, 0.5) is 0 Å². The first-order valence-electron chi connectivity index (χ1n) is 5.88. The van der Waals surface area contributed by atoms with Gasteiger partial charge in [0.05, 0.1) is 12.7 Å². The molecule has 8 heteroatoms. The van der Waals surface area contributed by atoms with E-state index >= 15 is 0 Å². The van der Waals surface area contributed by atoms with Crippen LogP contribution >= 0.6 is 0 Å². The number of rotatable bonds is 5. The van der Waals surface area contributed by atoms with Gasteiger partial charge in [-0.2, -0.15) is 0 Å². The molecule has 0 bridgehead atoms. The van der Waals surface area contributed by atoms with E-state index in [4.69, 9.17) is 15.0 Å². The van der Waals surface area contributed by atoms with Crippen LogP contribution in [0.5, 0.6) is 11.5 Å². The third-order valence-electron chi connectivity index (χ3n) is 3.04. The number of carbonyl (C=O) groups is 1. The molecule has 8 nitrogen and oxygen atoms in total. The van der Waals surface area contributed by atoms with Crippen molar-refractivity contribution in [2.45, 2.75) is 11.6 Å². The van der Waals surface area contributed by atoms with Crippen LogP contribution in [-0.4, -0.2) is 41.9 Å². The maximum absolute atomic E-state index is 11.1. The lowest BCUT2D eigenvalue weighted by Crippen LogP contribution is -2.39. The second-order valence-electron chi connectivity index (χ2n) is 4.26. The predicted octanol–water partition coefficient (Wildman–Crippen LogP) is 0.731. The molecule has 1 aromatic rings. The van der Waals surface area contributed by atoms with Gasteiger partial charge in [0, 0.05) is 4.91 Å². The summed E-state index contributed by atoms with van der Waals surface area (Å²) in [6, 6.07) is 4.58. The molecule has 0 aliphatic carbocycles. The van der Waals surface area contributed by atoms with Gasteiger partial charge in [-0.15, -0.1) is 0 Å². The van der Waals surface area contributed by atoms with Crippen molar-refractivity contribution in [3.8, 4) is 11.5 Å². The standard InChI is InChI=1S/C12H13N3O5/c13-15-14-12(6-16,7-17)11(18)8-1-2-9-10(5-8)20-4-3-19-9/h1-2,5-6,11,17-18H,3-4,7H2/t11-,12+/m1/s1. The maximum Gasteiger partial charge on any atom is 0.161 e. The van der Waals surface area contributed by atoms with Crippen molar-refractivity contribution in [3.63, 3.8) is 0 Å². The smallest absolute Gasteiger partial charge is 0.161 e. The van der Waals surface area contributed by atoms with Crippen LogP contribution in [-0.2, 0) is 4.79 Å². The van der Waals surface area contributed by atoms with Crippen molar-refractivity contribution in [2.75, 3.05) is 19.8 Å². The Morgan fingerprint density at radius 1 is 1.45 bits per heavy atom. The summed E-state index contributed by atoms with van der Waals surface area (Å²) in [7, 11) is 0. The lowest BCUT2D eigenvalue weighted by molar-refractivity contribution is -0.118. The van der Waals surface area contributed by atoms with E-state index in [-0.39, 0.29) is 11.8 Å². The first-order chi connectivity index (χ1) is 9.66. The van der Waals surface area contributed by atoms with E-state index in [1.54, 1.807) is 6.07 Å². The Bertz CT molecular complexity index is 558. The normalized spacial score (nSPS) is 17.5. The Morgan fingerprint density at radius 3 is 2.75 bits per heavy atom. The van der Waals surface area contributed by atoms with E-state index in [1.165, 1.54) is 12.1 Å². The van der Waals surface area contributed by atoms with Gasteiger partial charge in [0.2, 0.25) is 0 Å². The zero-order valence-electron chi connectivity index (χ0n) is 10.5. The summed E-state index contributed by atoms with van der Waals surface area (Å²) < 4.78 is 10.7.